The third-order valence-electron chi connectivity index (χ3n) is 3.83. The molecule has 0 radical (unpaired) electrons. The van der Waals surface area contributed by atoms with Crippen LogP contribution in [0.5, 0.6) is 0 Å². The van der Waals surface area contributed by atoms with E-state index in [2.05, 4.69) is 5.32 Å². The molecule has 0 saturated carbocycles. The van der Waals surface area contributed by atoms with Gasteiger partial charge >= 0.3 is 0 Å². The second kappa shape index (κ2) is 4.08. The molecule has 0 aromatic carbocycles. The molecule has 2 amide bonds. The van der Waals surface area contributed by atoms with Gasteiger partial charge in [0.05, 0.1) is 11.5 Å². The largest absolute Gasteiger partial charge is 0.296 e. The molecular formula is C11H17NO4S. The predicted octanol–water partition coefficient (Wildman–Crippen LogP) is 0.254. The van der Waals surface area contributed by atoms with Gasteiger partial charge in [0, 0.05) is 17.8 Å². The standard InChI is InChI=1S/C11H17NO4S/c1-2-3-8-10(14)12-9(13)6-11(8)4-5-17(15,16)7-11/h8H,2-7H2,1H3,(H,12,13,14). The fourth-order valence-corrected chi connectivity index (χ4v) is 5.26. The van der Waals surface area contributed by atoms with Gasteiger partial charge in [-0.25, -0.2) is 8.42 Å². The molecule has 2 aliphatic heterocycles. The van der Waals surface area contributed by atoms with Crippen molar-refractivity contribution in [2.45, 2.75) is 32.6 Å². The van der Waals surface area contributed by atoms with Crippen LogP contribution in [0.3, 0.4) is 0 Å². The lowest BCUT2D eigenvalue weighted by Gasteiger charge is -2.38. The van der Waals surface area contributed by atoms with Crippen LogP contribution in [0.25, 0.3) is 0 Å². The average Bonchev–Trinajstić information content (AvgIpc) is 2.49. The zero-order valence-corrected chi connectivity index (χ0v) is 10.7. The van der Waals surface area contributed by atoms with E-state index >= 15 is 0 Å². The van der Waals surface area contributed by atoms with Crippen LogP contribution in [0.4, 0.5) is 0 Å². The first-order chi connectivity index (χ1) is 7.88. The SMILES string of the molecule is CCCC1C(=O)NC(=O)CC12CCS(=O)(=O)C2. The number of sulfone groups is 1. The van der Waals surface area contributed by atoms with Crippen molar-refractivity contribution >= 4 is 21.7 Å². The Bertz CT molecular complexity index is 456. The minimum Gasteiger partial charge on any atom is -0.296 e. The maximum absolute atomic E-state index is 11.8. The van der Waals surface area contributed by atoms with Crippen LogP contribution in [0.15, 0.2) is 0 Å². The van der Waals surface area contributed by atoms with Gasteiger partial charge in [-0.3, -0.25) is 14.9 Å². The molecule has 1 N–H and O–H groups in total. The van der Waals surface area contributed by atoms with Gasteiger partial charge in [-0.2, -0.15) is 0 Å². The monoisotopic (exact) mass is 259 g/mol. The van der Waals surface area contributed by atoms with E-state index in [0.717, 1.165) is 6.42 Å². The summed E-state index contributed by atoms with van der Waals surface area (Å²) in [7, 11) is -3.08. The molecule has 2 fully saturated rings. The van der Waals surface area contributed by atoms with Crippen molar-refractivity contribution in [1.29, 1.82) is 0 Å². The van der Waals surface area contributed by atoms with Gasteiger partial charge in [0.1, 0.15) is 0 Å². The number of hydrogen-bond acceptors (Lipinski definition) is 4. The Morgan fingerprint density at radius 3 is 2.65 bits per heavy atom. The molecule has 2 heterocycles. The van der Waals surface area contributed by atoms with E-state index in [1.807, 2.05) is 6.92 Å². The zero-order valence-electron chi connectivity index (χ0n) is 9.86. The van der Waals surface area contributed by atoms with Gasteiger partial charge in [0.2, 0.25) is 11.8 Å². The van der Waals surface area contributed by atoms with Crippen LogP contribution in [-0.2, 0) is 19.4 Å². The van der Waals surface area contributed by atoms with Gasteiger partial charge in [-0.15, -0.1) is 0 Å². The van der Waals surface area contributed by atoms with Gasteiger partial charge in [-0.05, 0) is 12.8 Å². The van der Waals surface area contributed by atoms with E-state index in [1.54, 1.807) is 0 Å². The molecule has 1 spiro atoms. The minimum absolute atomic E-state index is 0.0101. The Balaban J connectivity index is 2.34. The maximum atomic E-state index is 11.8. The van der Waals surface area contributed by atoms with Crippen LogP contribution in [0.1, 0.15) is 32.6 Å². The Morgan fingerprint density at radius 1 is 1.41 bits per heavy atom. The lowest BCUT2D eigenvalue weighted by Crippen LogP contribution is -2.52. The lowest BCUT2D eigenvalue weighted by molar-refractivity contribution is -0.143. The molecule has 5 nitrogen and oxygen atoms in total. The Hall–Kier alpha value is -0.910. The molecule has 2 atom stereocenters. The third kappa shape index (κ3) is 2.22. The first-order valence-electron chi connectivity index (χ1n) is 5.93. The molecule has 2 rings (SSSR count). The molecule has 0 aromatic rings. The number of rotatable bonds is 2. The first-order valence-corrected chi connectivity index (χ1v) is 7.75. The number of imide groups is 1. The number of piperidine rings is 1. The molecule has 0 aliphatic carbocycles. The van der Waals surface area contributed by atoms with Gasteiger partial charge in [0.25, 0.3) is 0 Å². The summed E-state index contributed by atoms with van der Waals surface area (Å²) in [6.45, 7) is 1.96. The Labute approximate surface area is 101 Å². The number of amides is 2. The fraction of sp³-hybridized carbons (Fsp3) is 0.818. The summed E-state index contributed by atoms with van der Waals surface area (Å²) < 4.78 is 23.2. The molecule has 17 heavy (non-hydrogen) atoms. The molecule has 2 saturated heterocycles. The van der Waals surface area contributed by atoms with Gasteiger partial charge < -0.3 is 0 Å². The van der Waals surface area contributed by atoms with E-state index in [4.69, 9.17) is 0 Å². The van der Waals surface area contributed by atoms with Crippen LogP contribution >= 0.6 is 0 Å². The van der Waals surface area contributed by atoms with Crippen molar-refractivity contribution in [2.24, 2.45) is 11.3 Å². The van der Waals surface area contributed by atoms with E-state index in [9.17, 15) is 18.0 Å². The third-order valence-corrected chi connectivity index (χ3v) is 5.67. The van der Waals surface area contributed by atoms with Crippen LogP contribution in [-0.4, -0.2) is 31.7 Å². The summed E-state index contributed by atoms with van der Waals surface area (Å²) in [5, 5.41) is 2.32. The van der Waals surface area contributed by atoms with Crippen LogP contribution < -0.4 is 5.32 Å². The smallest absolute Gasteiger partial charge is 0.230 e. The van der Waals surface area contributed by atoms with Crippen molar-refractivity contribution in [3.8, 4) is 0 Å². The molecule has 0 aromatic heterocycles. The van der Waals surface area contributed by atoms with Crippen molar-refractivity contribution in [2.75, 3.05) is 11.5 Å². The van der Waals surface area contributed by atoms with Crippen LogP contribution in [0.2, 0.25) is 0 Å². The van der Waals surface area contributed by atoms with Crippen molar-refractivity contribution < 1.29 is 18.0 Å². The highest BCUT2D eigenvalue weighted by Crippen LogP contribution is 2.46. The molecule has 2 aliphatic rings. The van der Waals surface area contributed by atoms with Crippen molar-refractivity contribution in [3.05, 3.63) is 0 Å². The molecule has 0 bridgehead atoms. The first kappa shape index (κ1) is 12.5. The van der Waals surface area contributed by atoms with Crippen molar-refractivity contribution in [1.82, 2.24) is 5.32 Å². The number of nitrogens with one attached hydrogen (secondary N) is 1. The minimum atomic E-state index is -3.08. The fourth-order valence-electron chi connectivity index (χ4n) is 3.07. The lowest BCUT2D eigenvalue weighted by atomic mass is 9.68. The predicted molar refractivity (Wildman–Crippen MR) is 61.9 cm³/mol. The van der Waals surface area contributed by atoms with E-state index in [-0.39, 0.29) is 35.7 Å². The number of hydrogen-bond donors (Lipinski definition) is 1. The maximum Gasteiger partial charge on any atom is 0.230 e. The summed E-state index contributed by atoms with van der Waals surface area (Å²) in [4.78, 5) is 23.3. The summed E-state index contributed by atoms with van der Waals surface area (Å²) >= 11 is 0. The van der Waals surface area contributed by atoms with Gasteiger partial charge in [-0.1, -0.05) is 13.3 Å². The van der Waals surface area contributed by atoms with E-state index < -0.39 is 15.3 Å². The van der Waals surface area contributed by atoms with Crippen molar-refractivity contribution in [3.63, 3.8) is 0 Å². The normalized spacial score (nSPS) is 36.2. The van der Waals surface area contributed by atoms with Gasteiger partial charge in [0.15, 0.2) is 9.84 Å². The zero-order chi connectivity index (χ0) is 12.7. The average molecular weight is 259 g/mol. The summed E-state index contributed by atoms with van der Waals surface area (Å²) in [5.74, 6) is -0.862. The number of carbonyl (C=O) groups excluding carboxylic acids is 2. The summed E-state index contributed by atoms with van der Waals surface area (Å²) in [5.41, 5.74) is -0.631. The summed E-state index contributed by atoms with van der Waals surface area (Å²) in [6.07, 6.45) is 2.07. The summed E-state index contributed by atoms with van der Waals surface area (Å²) in [6, 6.07) is 0. The molecular weight excluding hydrogens is 242 g/mol. The molecule has 6 heteroatoms. The highest BCUT2D eigenvalue weighted by atomic mass is 32.2. The van der Waals surface area contributed by atoms with Crippen LogP contribution in [0, 0.1) is 11.3 Å². The molecule has 2 unspecified atom stereocenters. The van der Waals surface area contributed by atoms with E-state index in [0.29, 0.717) is 12.8 Å². The van der Waals surface area contributed by atoms with E-state index in [1.165, 1.54) is 0 Å². The second-order valence-corrected chi connectivity index (χ2v) is 7.32. The highest BCUT2D eigenvalue weighted by molar-refractivity contribution is 7.91. The Kier molecular flexibility index (Phi) is 3.01. The number of carbonyl (C=O) groups is 2. The highest BCUT2D eigenvalue weighted by Gasteiger charge is 2.53. The Morgan fingerprint density at radius 2 is 2.12 bits per heavy atom. The topological polar surface area (TPSA) is 80.3 Å². The quantitative estimate of drug-likeness (QED) is 0.721. The molecule has 96 valence electrons. The second-order valence-electron chi connectivity index (χ2n) is 5.13.